The Morgan fingerprint density at radius 2 is 2.06 bits per heavy atom. The largest absolute Gasteiger partial charge is 0.395 e. The van der Waals surface area contributed by atoms with Crippen molar-refractivity contribution in [3.05, 3.63) is 36.0 Å². The van der Waals surface area contributed by atoms with E-state index in [-0.39, 0.29) is 12.0 Å². The van der Waals surface area contributed by atoms with Gasteiger partial charge in [0, 0.05) is 29.6 Å². The minimum absolute atomic E-state index is 0.0425. The molecule has 0 aliphatic heterocycles. The SMILES string of the molecule is Cn1cc(C2(CO)CCC2)c2ccccc21. The maximum absolute atomic E-state index is 9.65. The van der Waals surface area contributed by atoms with Crippen molar-refractivity contribution in [3.8, 4) is 0 Å². The van der Waals surface area contributed by atoms with Crippen LogP contribution in [-0.4, -0.2) is 16.3 Å². The summed E-state index contributed by atoms with van der Waals surface area (Å²) in [6.45, 7) is 0.279. The summed E-state index contributed by atoms with van der Waals surface area (Å²) in [6, 6.07) is 8.46. The van der Waals surface area contributed by atoms with E-state index in [4.69, 9.17) is 0 Å². The fraction of sp³-hybridized carbons (Fsp3) is 0.429. The molecule has 0 unspecified atom stereocenters. The van der Waals surface area contributed by atoms with E-state index in [2.05, 4.69) is 42.1 Å². The molecule has 0 saturated heterocycles. The summed E-state index contributed by atoms with van der Waals surface area (Å²) < 4.78 is 2.17. The van der Waals surface area contributed by atoms with Crippen LogP contribution in [0, 0.1) is 0 Å². The first kappa shape index (κ1) is 9.91. The average molecular weight is 215 g/mol. The summed E-state index contributed by atoms with van der Waals surface area (Å²) in [7, 11) is 2.08. The average Bonchev–Trinajstić information content (AvgIpc) is 2.58. The molecule has 3 rings (SSSR count). The topological polar surface area (TPSA) is 25.2 Å². The zero-order valence-electron chi connectivity index (χ0n) is 9.61. The highest BCUT2D eigenvalue weighted by molar-refractivity contribution is 5.85. The van der Waals surface area contributed by atoms with Crippen LogP contribution >= 0.6 is 0 Å². The highest BCUT2D eigenvalue weighted by atomic mass is 16.3. The number of para-hydroxylation sites is 1. The lowest BCUT2D eigenvalue weighted by atomic mass is 9.65. The van der Waals surface area contributed by atoms with Crippen molar-refractivity contribution in [1.82, 2.24) is 4.57 Å². The van der Waals surface area contributed by atoms with Gasteiger partial charge in [-0.1, -0.05) is 24.6 Å². The highest BCUT2D eigenvalue weighted by Crippen LogP contribution is 2.46. The third-order valence-electron chi connectivity index (χ3n) is 4.08. The third kappa shape index (κ3) is 1.17. The van der Waals surface area contributed by atoms with Gasteiger partial charge in [-0.3, -0.25) is 0 Å². The number of benzene rings is 1. The molecule has 2 nitrogen and oxygen atoms in total. The van der Waals surface area contributed by atoms with Gasteiger partial charge in [-0.2, -0.15) is 0 Å². The van der Waals surface area contributed by atoms with Gasteiger partial charge in [0.2, 0.25) is 0 Å². The van der Waals surface area contributed by atoms with Gasteiger partial charge in [0.15, 0.2) is 0 Å². The molecule has 1 saturated carbocycles. The maximum atomic E-state index is 9.65. The predicted octanol–water partition coefficient (Wildman–Crippen LogP) is 2.59. The minimum atomic E-state index is 0.0425. The van der Waals surface area contributed by atoms with E-state index in [9.17, 15) is 5.11 Å². The van der Waals surface area contributed by atoms with Gasteiger partial charge in [0.25, 0.3) is 0 Å². The number of aryl methyl sites for hydroxylation is 1. The first-order valence-electron chi connectivity index (χ1n) is 5.92. The Morgan fingerprint density at radius 3 is 2.69 bits per heavy atom. The highest BCUT2D eigenvalue weighted by Gasteiger charge is 2.39. The summed E-state index contributed by atoms with van der Waals surface area (Å²) in [5, 5.41) is 11.0. The van der Waals surface area contributed by atoms with Crippen LogP contribution in [-0.2, 0) is 12.5 Å². The normalized spacial score (nSPS) is 18.6. The zero-order chi connectivity index (χ0) is 11.2. The van der Waals surface area contributed by atoms with Crippen molar-refractivity contribution >= 4 is 10.9 Å². The number of hydrogen-bond acceptors (Lipinski definition) is 1. The smallest absolute Gasteiger partial charge is 0.0528 e. The van der Waals surface area contributed by atoms with Crippen molar-refractivity contribution in [2.24, 2.45) is 7.05 Å². The molecular formula is C14H17NO. The number of aromatic nitrogens is 1. The van der Waals surface area contributed by atoms with Gasteiger partial charge in [-0.05, 0) is 24.5 Å². The van der Waals surface area contributed by atoms with Gasteiger partial charge in [-0.15, -0.1) is 0 Å². The van der Waals surface area contributed by atoms with E-state index >= 15 is 0 Å². The summed E-state index contributed by atoms with van der Waals surface area (Å²) in [5.41, 5.74) is 2.64. The molecule has 1 N–H and O–H groups in total. The molecule has 1 aromatic heterocycles. The fourth-order valence-corrected chi connectivity index (χ4v) is 2.88. The van der Waals surface area contributed by atoms with Crippen LogP contribution in [0.5, 0.6) is 0 Å². The zero-order valence-corrected chi connectivity index (χ0v) is 9.61. The minimum Gasteiger partial charge on any atom is -0.395 e. The van der Waals surface area contributed by atoms with Crippen molar-refractivity contribution in [1.29, 1.82) is 0 Å². The third-order valence-corrected chi connectivity index (χ3v) is 4.08. The van der Waals surface area contributed by atoms with Crippen molar-refractivity contribution in [2.45, 2.75) is 24.7 Å². The number of aliphatic hydroxyl groups excluding tert-OH is 1. The van der Waals surface area contributed by atoms with Gasteiger partial charge >= 0.3 is 0 Å². The second-order valence-electron chi connectivity index (χ2n) is 4.96. The molecule has 16 heavy (non-hydrogen) atoms. The number of nitrogens with zero attached hydrogens (tertiary/aromatic N) is 1. The monoisotopic (exact) mass is 215 g/mol. The molecule has 0 spiro atoms. The van der Waals surface area contributed by atoms with Crippen LogP contribution in [0.15, 0.2) is 30.5 Å². The molecule has 1 aliphatic carbocycles. The van der Waals surface area contributed by atoms with Crippen molar-refractivity contribution < 1.29 is 5.11 Å². The molecule has 1 heterocycles. The van der Waals surface area contributed by atoms with E-state index in [0.717, 1.165) is 12.8 Å². The van der Waals surface area contributed by atoms with Gasteiger partial charge in [0.1, 0.15) is 0 Å². The second kappa shape index (κ2) is 3.36. The van der Waals surface area contributed by atoms with Crippen molar-refractivity contribution in [2.75, 3.05) is 6.61 Å². The van der Waals surface area contributed by atoms with E-state index in [1.165, 1.54) is 22.9 Å². The van der Waals surface area contributed by atoms with Gasteiger partial charge < -0.3 is 9.67 Å². The first-order chi connectivity index (χ1) is 7.77. The molecule has 2 aromatic rings. The van der Waals surface area contributed by atoms with Gasteiger partial charge in [0.05, 0.1) is 6.61 Å². The van der Waals surface area contributed by atoms with E-state index in [0.29, 0.717) is 0 Å². The molecule has 0 atom stereocenters. The molecule has 0 radical (unpaired) electrons. The van der Waals surface area contributed by atoms with Crippen LogP contribution in [0.25, 0.3) is 10.9 Å². The van der Waals surface area contributed by atoms with Crippen LogP contribution in [0.2, 0.25) is 0 Å². The van der Waals surface area contributed by atoms with Gasteiger partial charge in [-0.25, -0.2) is 0 Å². The predicted molar refractivity (Wildman–Crippen MR) is 65.5 cm³/mol. The number of hydrogen-bond donors (Lipinski definition) is 1. The van der Waals surface area contributed by atoms with Crippen LogP contribution < -0.4 is 0 Å². The molecule has 0 bridgehead atoms. The molecule has 1 aromatic carbocycles. The van der Waals surface area contributed by atoms with Crippen molar-refractivity contribution in [3.63, 3.8) is 0 Å². The number of fused-ring (bicyclic) bond motifs is 1. The lowest BCUT2D eigenvalue weighted by molar-refractivity contribution is 0.121. The molecule has 0 amide bonds. The Morgan fingerprint density at radius 1 is 1.31 bits per heavy atom. The summed E-state index contributed by atoms with van der Waals surface area (Å²) >= 11 is 0. The molecule has 1 fully saturated rings. The maximum Gasteiger partial charge on any atom is 0.0528 e. The quantitative estimate of drug-likeness (QED) is 0.818. The Labute approximate surface area is 95.5 Å². The summed E-state index contributed by atoms with van der Waals surface area (Å²) in [4.78, 5) is 0. The van der Waals surface area contributed by atoms with E-state index in [1.54, 1.807) is 0 Å². The first-order valence-corrected chi connectivity index (χ1v) is 5.92. The fourth-order valence-electron chi connectivity index (χ4n) is 2.88. The molecule has 2 heteroatoms. The number of aliphatic hydroxyl groups is 1. The Balaban J connectivity index is 2.24. The van der Waals surface area contributed by atoms with Crippen LogP contribution in [0.1, 0.15) is 24.8 Å². The molecular weight excluding hydrogens is 198 g/mol. The molecule has 1 aliphatic rings. The lowest BCUT2D eigenvalue weighted by Crippen LogP contribution is -2.37. The van der Waals surface area contributed by atoms with Crippen LogP contribution in [0.3, 0.4) is 0 Å². The Bertz CT molecular complexity index is 517. The summed E-state index contributed by atoms with van der Waals surface area (Å²) in [6.07, 6.45) is 5.68. The summed E-state index contributed by atoms with van der Waals surface area (Å²) in [5.74, 6) is 0. The Kier molecular flexibility index (Phi) is 2.08. The molecule has 84 valence electrons. The second-order valence-corrected chi connectivity index (χ2v) is 4.96. The Hall–Kier alpha value is -1.28. The standard InChI is InChI=1S/C14H17NO/c1-15-9-12(14(10-16)7-4-8-14)11-5-2-3-6-13(11)15/h2-3,5-6,9,16H,4,7-8,10H2,1H3. The van der Waals surface area contributed by atoms with E-state index < -0.39 is 0 Å². The number of rotatable bonds is 2. The lowest BCUT2D eigenvalue weighted by Gasteiger charge is -2.40. The van der Waals surface area contributed by atoms with Crippen LogP contribution in [0.4, 0.5) is 0 Å². The van der Waals surface area contributed by atoms with E-state index in [1.807, 2.05) is 0 Å².